The zero-order chi connectivity index (χ0) is 9.42. The van der Waals surface area contributed by atoms with E-state index in [-0.39, 0.29) is 24.4 Å². The lowest BCUT2D eigenvalue weighted by Crippen LogP contribution is -2.61. The number of nitrogens with one attached hydrogen (secondary N) is 1. The molecule has 2 rings (SSSR count). The highest BCUT2D eigenvalue weighted by Crippen LogP contribution is 2.27. The van der Waals surface area contributed by atoms with Crippen molar-refractivity contribution in [2.75, 3.05) is 6.54 Å². The van der Waals surface area contributed by atoms with Crippen molar-refractivity contribution >= 4 is 11.8 Å². The van der Waals surface area contributed by atoms with Gasteiger partial charge in [-0.2, -0.15) is 0 Å². The van der Waals surface area contributed by atoms with Crippen LogP contribution < -0.4 is 5.32 Å². The standard InChI is InChI=1S/C9H14N2O2/c1-6-9(13)10-5-8(12)11(6)7-3-2-4-7/h6-7H,2-5H2,1H3,(H,10,13). The van der Waals surface area contributed by atoms with Gasteiger partial charge in [0.25, 0.3) is 0 Å². The van der Waals surface area contributed by atoms with Crippen molar-refractivity contribution in [3.8, 4) is 0 Å². The molecule has 0 aromatic carbocycles. The van der Waals surface area contributed by atoms with Crippen LogP contribution in [0, 0.1) is 0 Å². The van der Waals surface area contributed by atoms with Crippen LogP contribution in [0.3, 0.4) is 0 Å². The average molecular weight is 182 g/mol. The molecule has 1 heterocycles. The second-order valence-electron chi connectivity index (χ2n) is 3.78. The van der Waals surface area contributed by atoms with Gasteiger partial charge in [-0.3, -0.25) is 9.59 Å². The minimum atomic E-state index is -0.272. The van der Waals surface area contributed by atoms with Crippen molar-refractivity contribution in [1.82, 2.24) is 10.2 Å². The zero-order valence-corrected chi connectivity index (χ0v) is 7.75. The summed E-state index contributed by atoms with van der Waals surface area (Å²) in [5.41, 5.74) is 0. The first kappa shape index (κ1) is 8.53. The van der Waals surface area contributed by atoms with Gasteiger partial charge in [-0.05, 0) is 26.2 Å². The molecule has 1 saturated carbocycles. The Balaban J connectivity index is 2.11. The third kappa shape index (κ3) is 1.30. The Morgan fingerprint density at radius 3 is 2.62 bits per heavy atom. The van der Waals surface area contributed by atoms with E-state index in [2.05, 4.69) is 5.32 Å². The molecule has 1 aliphatic heterocycles. The smallest absolute Gasteiger partial charge is 0.242 e. The molecule has 0 radical (unpaired) electrons. The van der Waals surface area contributed by atoms with Crippen LogP contribution in [0.4, 0.5) is 0 Å². The van der Waals surface area contributed by atoms with Crippen molar-refractivity contribution < 1.29 is 9.59 Å². The minimum Gasteiger partial charge on any atom is -0.345 e. The van der Waals surface area contributed by atoms with E-state index < -0.39 is 0 Å². The number of amides is 2. The molecule has 0 spiro atoms. The molecule has 2 fully saturated rings. The first-order valence-electron chi connectivity index (χ1n) is 4.79. The van der Waals surface area contributed by atoms with Crippen LogP contribution in [0.25, 0.3) is 0 Å². The van der Waals surface area contributed by atoms with E-state index in [1.807, 2.05) is 0 Å². The normalized spacial score (nSPS) is 29.9. The Morgan fingerprint density at radius 1 is 1.38 bits per heavy atom. The summed E-state index contributed by atoms with van der Waals surface area (Å²) < 4.78 is 0. The molecule has 13 heavy (non-hydrogen) atoms. The summed E-state index contributed by atoms with van der Waals surface area (Å²) >= 11 is 0. The molecule has 72 valence electrons. The second-order valence-corrected chi connectivity index (χ2v) is 3.78. The number of carbonyl (C=O) groups is 2. The Labute approximate surface area is 77.3 Å². The van der Waals surface area contributed by atoms with Crippen LogP contribution in [-0.4, -0.2) is 35.3 Å². The summed E-state index contributed by atoms with van der Waals surface area (Å²) in [7, 11) is 0. The molecule has 2 amide bonds. The lowest BCUT2D eigenvalue weighted by atomic mass is 9.89. The van der Waals surface area contributed by atoms with E-state index in [0.717, 1.165) is 12.8 Å². The topological polar surface area (TPSA) is 49.4 Å². The molecule has 4 heteroatoms. The third-order valence-electron chi connectivity index (χ3n) is 2.97. The summed E-state index contributed by atoms with van der Waals surface area (Å²) in [4.78, 5) is 24.5. The largest absolute Gasteiger partial charge is 0.345 e. The predicted octanol–water partition coefficient (Wildman–Crippen LogP) is -0.114. The van der Waals surface area contributed by atoms with Crippen LogP contribution in [-0.2, 0) is 9.59 Å². The summed E-state index contributed by atoms with van der Waals surface area (Å²) in [6.07, 6.45) is 3.30. The Hall–Kier alpha value is -1.06. The number of hydrogen-bond donors (Lipinski definition) is 1. The van der Waals surface area contributed by atoms with Crippen LogP contribution in [0.1, 0.15) is 26.2 Å². The number of piperazine rings is 1. The predicted molar refractivity (Wildman–Crippen MR) is 47.0 cm³/mol. The average Bonchev–Trinajstić information content (AvgIpc) is 2.02. The van der Waals surface area contributed by atoms with Gasteiger partial charge in [0.2, 0.25) is 11.8 Å². The molecule has 1 N–H and O–H groups in total. The van der Waals surface area contributed by atoms with E-state index in [4.69, 9.17) is 0 Å². The molecule has 0 aromatic heterocycles. The third-order valence-corrected chi connectivity index (χ3v) is 2.97. The molecule has 1 atom stereocenters. The number of carbonyl (C=O) groups excluding carboxylic acids is 2. The summed E-state index contributed by atoms with van der Waals surface area (Å²) in [5.74, 6) is 0.0447. The Morgan fingerprint density at radius 2 is 2.08 bits per heavy atom. The van der Waals surface area contributed by atoms with Crippen molar-refractivity contribution in [2.45, 2.75) is 38.3 Å². The van der Waals surface area contributed by atoms with Gasteiger partial charge < -0.3 is 10.2 Å². The Kier molecular flexibility index (Phi) is 1.98. The van der Waals surface area contributed by atoms with E-state index in [9.17, 15) is 9.59 Å². The molecule has 4 nitrogen and oxygen atoms in total. The first-order valence-corrected chi connectivity index (χ1v) is 4.79. The maximum atomic E-state index is 11.5. The van der Waals surface area contributed by atoms with Gasteiger partial charge in [-0.1, -0.05) is 0 Å². The maximum Gasteiger partial charge on any atom is 0.242 e. The van der Waals surface area contributed by atoms with Crippen LogP contribution in [0.2, 0.25) is 0 Å². The van der Waals surface area contributed by atoms with Crippen molar-refractivity contribution in [2.24, 2.45) is 0 Å². The highest BCUT2D eigenvalue weighted by atomic mass is 16.2. The molecule has 2 aliphatic rings. The van der Waals surface area contributed by atoms with E-state index in [0.29, 0.717) is 6.04 Å². The number of nitrogens with zero attached hydrogens (tertiary/aromatic N) is 1. The van der Waals surface area contributed by atoms with Crippen molar-refractivity contribution in [3.05, 3.63) is 0 Å². The molecule has 0 bridgehead atoms. The second kappa shape index (κ2) is 3.01. The molecule has 1 aliphatic carbocycles. The summed E-state index contributed by atoms with van der Waals surface area (Å²) in [5, 5.41) is 2.58. The van der Waals surface area contributed by atoms with Gasteiger partial charge in [0.05, 0.1) is 6.54 Å². The van der Waals surface area contributed by atoms with E-state index >= 15 is 0 Å². The lowest BCUT2D eigenvalue weighted by molar-refractivity contribution is -0.149. The zero-order valence-electron chi connectivity index (χ0n) is 7.75. The van der Waals surface area contributed by atoms with Crippen LogP contribution in [0.5, 0.6) is 0 Å². The van der Waals surface area contributed by atoms with E-state index in [1.165, 1.54) is 6.42 Å². The minimum absolute atomic E-state index is 0.0218. The van der Waals surface area contributed by atoms with Gasteiger partial charge in [0.15, 0.2) is 0 Å². The molecule has 1 saturated heterocycles. The first-order chi connectivity index (χ1) is 6.20. The van der Waals surface area contributed by atoms with Crippen LogP contribution >= 0.6 is 0 Å². The number of rotatable bonds is 1. The molecular formula is C9H14N2O2. The van der Waals surface area contributed by atoms with Gasteiger partial charge >= 0.3 is 0 Å². The summed E-state index contributed by atoms with van der Waals surface area (Å²) in [6.45, 7) is 1.98. The SMILES string of the molecule is CC1C(=O)NCC(=O)N1C1CCC1. The fourth-order valence-electron chi connectivity index (χ4n) is 1.93. The van der Waals surface area contributed by atoms with Crippen molar-refractivity contribution in [3.63, 3.8) is 0 Å². The molecule has 0 aromatic rings. The fraction of sp³-hybridized carbons (Fsp3) is 0.778. The Bertz CT molecular complexity index is 248. The van der Waals surface area contributed by atoms with E-state index in [1.54, 1.807) is 11.8 Å². The molecular weight excluding hydrogens is 168 g/mol. The van der Waals surface area contributed by atoms with Gasteiger partial charge in [0.1, 0.15) is 6.04 Å². The van der Waals surface area contributed by atoms with Crippen LogP contribution in [0.15, 0.2) is 0 Å². The van der Waals surface area contributed by atoms with Gasteiger partial charge in [-0.25, -0.2) is 0 Å². The monoisotopic (exact) mass is 182 g/mol. The quantitative estimate of drug-likeness (QED) is 0.615. The van der Waals surface area contributed by atoms with Crippen molar-refractivity contribution in [1.29, 1.82) is 0 Å². The van der Waals surface area contributed by atoms with Gasteiger partial charge in [-0.15, -0.1) is 0 Å². The molecule has 1 unspecified atom stereocenters. The lowest BCUT2D eigenvalue weighted by Gasteiger charge is -2.43. The highest BCUT2D eigenvalue weighted by Gasteiger charge is 2.37. The maximum absolute atomic E-state index is 11.5. The van der Waals surface area contributed by atoms with Gasteiger partial charge in [0, 0.05) is 6.04 Å². The fourth-order valence-corrected chi connectivity index (χ4v) is 1.93. The number of hydrogen-bond acceptors (Lipinski definition) is 2. The summed E-state index contributed by atoms with van der Waals surface area (Å²) in [6, 6.07) is 0.0556. The highest BCUT2D eigenvalue weighted by molar-refractivity contribution is 5.94.